The van der Waals surface area contributed by atoms with Gasteiger partial charge in [-0.1, -0.05) is 449 Å². The Morgan fingerprint density at radius 3 is 0.671 bits per heavy atom. The first-order chi connectivity index (χ1) is 38.1. The third-order valence-corrected chi connectivity index (χ3v) is 16.0. The summed E-state index contributed by atoms with van der Waals surface area (Å²) in [6, 6.07) is 0. The van der Waals surface area contributed by atoms with E-state index < -0.39 is 0 Å². The molecule has 7 rings (SSSR count). The minimum absolute atomic E-state index is 0.500. The molecule has 0 aromatic rings. The van der Waals surface area contributed by atoms with Crippen molar-refractivity contribution in [1.29, 1.82) is 0 Å². The number of rotatable bonds is 7. The highest BCUT2D eigenvalue weighted by molar-refractivity contribution is 4.81. The van der Waals surface area contributed by atoms with Crippen molar-refractivity contribution < 1.29 is 0 Å². The second kappa shape index (κ2) is 77.1. The van der Waals surface area contributed by atoms with Gasteiger partial charge in [-0.2, -0.15) is 0 Å². The van der Waals surface area contributed by atoms with E-state index in [0.717, 1.165) is 65.1 Å². The molecule has 1 unspecified atom stereocenters. The summed E-state index contributed by atoms with van der Waals surface area (Å²) in [6.45, 7) is 81.8. The van der Waals surface area contributed by atoms with Crippen LogP contribution in [0.3, 0.4) is 0 Å². The van der Waals surface area contributed by atoms with E-state index in [1.54, 1.807) is 0 Å². The van der Waals surface area contributed by atoms with Gasteiger partial charge >= 0.3 is 0 Å². The molecule has 3 atom stereocenters. The average molecular weight is 1170 g/mol. The molecule has 7 saturated carbocycles. The van der Waals surface area contributed by atoms with Crippen LogP contribution >= 0.6 is 0 Å². The van der Waals surface area contributed by atoms with Gasteiger partial charge in [0.25, 0.3) is 0 Å². The Kier molecular flexibility index (Phi) is 97.6. The summed E-state index contributed by atoms with van der Waals surface area (Å²) in [5.74, 6) is 11.0. The molecule has 0 aromatic carbocycles. The molecule has 7 aliphatic carbocycles. The van der Waals surface area contributed by atoms with Gasteiger partial charge in [0.15, 0.2) is 0 Å². The molecule has 7 fully saturated rings. The highest BCUT2D eigenvalue weighted by Crippen LogP contribution is 2.41. The predicted molar refractivity (Wildman–Crippen MR) is 399 cm³/mol. The lowest BCUT2D eigenvalue weighted by Crippen LogP contribution is -2.13. The monoisotopic (exact) mass is 1170 g/mol. The van der Waals surface area contributed by atoms with Crippen LogP contribution in [0.4, 0.5) is 0 Å². The van der Waals surface area contributed by atoms with E-state index in [2.05, 4.69) is 228 Å². The van der Waals surface area contributed by atoms with Crippen LogP contribution in [-0.2, 0) is 0 Å². The van der Waals surface area contributed by atoms with Gasteiger partial charge < -0.3 is 0 Å². The highest BCUT2D eigenvalue weighted by atomic mass is 14.4. The fraction of sp³-hybridized carbons (Fsp3) is 1.00. The smallest absolute Gasteiger partial charge is 0.0329 e. The minimum Gasteiger partial charge on any atom is -0.0683 e. The van der Waals surface area contributed by atoms with Crippen molar-refractivity contribution in [2.45, 2.75) is 455 Å². The van der Waals surface area contributed by atoms with Crippen molar-refractivity contribution in [2.24, 2.45) is 81.3 Å². The largest absolute Gasteiger partial charge is 0.0683 e. The molecule has 0 nitrogen and oxygen atoms in total. The Morgan fingerprint density at radius 1 is 0.378 bits per heavy atom. The van der Waals surface area contributed by atoms with Gasteiger partial charge in [-0.05, 0) is 87.8 Å². The van der Waals surface area contributed by atoms with Gasteiger partial charge in [0.1, 0.15) is 0 Å². The first-order valence-corrected chi connectivity index (χ1v) is 38.1. The summed E-state index contributed by atoms with van der Waals surface area (Å²) in [4.78, 5) is 0. The predicted octanol–water partition coefficient (Wildman–Crippen LogP) is 32.4. The molecule has 0 aromatic heterocycles. The lowest BCUT2D eigenvalue weighted by atomic mass is 9.83. The Morgan fingerprint density at radius 2 is 0.634 bits per heavy atom. The van der Waals surface area contributed by atoms with Crippen LogP contribution < -0.4 is 0 Å². The van der Waals surface area contributed by atoms with Gasteiger partial charge in [0.2, 0.25) is 0 Å². The summed E-state index contributed by atoms with van der Waals surface area (Å²) in [6.07, 6.45) is 44.4. The van der Waals surface area contributed by atoms with Gasteiger partial charge in [-0.15, -0.1) is 0 Å². The second-order valence-corrected chi connectivity index (χ2v) is 31.1. The van der Waals surface area contributed by atoms with Gasteiger partial charge in [-0.3, -0.25) is 0 Å². The van der Waals surface area contributed by atoms with Crippen LogP contribution in [0.15, 0.2) is 0 Å². The molecule has 512 valence electrons. The van der Waals surface area contributed by atoms with E-state index >= 15 is 0 Å². The summed E-state index contributed by atoms with van der Waals surface area (Å²) in [7, 11) is 0. The fourth-order valence-electron chi connectivity index (χ4n) is 6.52. The SMILES string of the molecule is CC.CC.CC(C)(C)C.CC(C)C.CC1CC1.CC1CCC1.CC1CCCC1.CC1CCC[C@H]1C.CCC.CCC(C)(C)C.CCC(C)C.CCC(C)C.CCC1CC1.CCC1CCC1.CCCC.CCCCC.C[C@@H]1CCCC1(C)C. The van der Waals surface area contributed by atoms with Gasteiger partial charge in [0.05, 0.1) is 0 Å². The standard InChI is InChI=1S/C8H16.C7H14.2C6H12.C6H14.2C5H10.4C5H12.C4H8.2C4H10.C3H8.2C2H6/c1-7-5-4-6-8(7,2)3;1-6-4-3-5-7(6)2;1-6-4-2-3-5-6;1-2-6-4-3-5-6;1-5-6(2,3)4;1-5-3-2-4-5;1-2-5-3-4-5;1-5(2,3)4;2*1-4-5(2)3;1-3-5-4-2;1-4-2-3-4;1-4(2)3;1-3-4-2;1-3-2;2*1-2/h7H,4-6H2,1-3H3;6-7H,3-5H2,1-2H3;2*6H,2-5H2,1H3;5H2,1-4H3;2*5H,2-4H2,1H3;1-4H3;2*5H,4H2,1-3H3;3-5H2,1-2H3;4H,2-3H2,1H3;4H,1-3H3;3-4H2,1-2H3;3H2,1-2H3;2*1-2H3/t7-;6-,7?;;;;;;;;;;;;;;;/m11.............../s1. The maximum atomic E-state index is 2.38. The fourth-order valence-corrected chi connectivity index (χ4v) is 6.52. The molecule has 7 aliphatic rings. The summed E-state index contributed by atoms with van der Waals surface area (Å²) >= 11 is 0. The molecular weight excluding hydrogens is 985 g/mol. The molecule has 0 heterocycles. The highest BCUT2D eigenvalue weighted by Gasteiger charge is 2.30. The molecule has 0 spiro atoms. The molecule has 0 radical (unpaired) electrons. The molecule has 0 aliphatic heterocycles. The van der Waals surface area contributed by atoms with Gasteiger partial charge in [-0.25, -0.2) is 0 Å². The molecule has 0 N–H and O–H groups in total. The summed E-state index contributed by atoms with van der Waals surface area (Å²) in [5.41, 5.74) is 1.69. The van der Waals surface area contributed by atoms with E-state index in [1.807, 2.05) is 27.7 Å². The maximum absolute atomic E-state index is 2.38. The van der Waals surface area contributed by atoms with E-state index in [0.29, 0.717) is 16.2 Å². The van der Waals surface area contributed by atoms with Crippen LogP contribution in [-0.4, -0.2) is 0 Å². The van der Waals surface area contributed by atoms with Crippen molar-refractivity contribution in [1.82, 2.24) is 0 Å². The average Bonchev–Trinajstić information content (AvgIpc) is 4.28. The molecular formula is C82H184. The zero-order valence-electron chi connectivity index (χ0n) is 66.8. The quantitative estimate of drug-likeness (QED) is 0.238. The van der Waals surface area contributed by atoms with Crippen LogP contribution in [0.5, 0.6) is 0 Å². The lowest BCUT2D eigenvalue weighted by molar-refractivity contribution is 0.281. The van der Waals surface area contributed by atoms with Crippen molar-refractivity contribution in [3.63, 3.8) is 0 Å². The first-order valence-electron chi connectivity index (χ1n) is 38.1. The third kappa shape index (κ3) is 130. The zero-order valence-corrected chi connectivity index (χ0v) is 66.8. The molecule has 0 bridgehead atoms. The molecule has 0 saturated heterocycles. The van der Waals surface area contributed by atoms with Crippen LogP contribution in [0, 0.1) is 81.3 Å². The van der Waals surface area contributed by atoms with E-state index in [-0.39, 0.29) is 0 Å². The molecule has 0 heteroatoms. The lowest BCUT2D eigenvalue weighted by Gasteiger charge is -2.22. The number of hydrogen-bond acceptors (Lipinski definition) is 0. The Balaban J connectivity index is -0.0000000847. The van der Waals surface area contributed by atoms with Crippen LogP contribution in [0.25, 0.3) is 0 Å². The second-order valence-electron chi connectivity index (χ2n) is 31.1. The minimum atomic E-state index is 0.500. The normalized spacial score (nSPS) is 19.4. The molecule has 82 heavy (non-hydrogen) atoms. The van der Waals surface area contributed by atoms with Crippen molar-refractivity contribution in [3.8, 4) is 0 Å². The van der Waals surface area contributed by atoms with Crippen molar-refractivity contribution >= 4 is 0 Å². The first kappa shape index (κ1) is 104. The Labute approximate surface area is 533 Å². The summed E-state index contributed by atoms with van der Waals surface area (Å²) in [5, 5.41) is 0. The Bertz CT molecular complexity index is 952. The van der Waals surface area contributed by atoms with Crippen LogP contribution in [0.1, 0.15) is 455 Å². The topological polar surface area (TPSA) is 0 Å². The van der Waals surface area contributed by atoms with E-state index in [4.69, 9.17) is 0 Å². The number of unbranched alkanes of at least 4 members (excludes halogenated alkanes) is 3. The van der Waals surface area contributed by atoms with Crippen LogP contribution in [0.2, 0.25) is 0 Å². The maximum Gasteiger partial charge on any atom is -0.0329 e. The van der Waals surface area contributed by atoms with E-state index in [1.165, 1.54) is 199 Å². The van der Waals surface area contributed by atoms with E-state index in [9.17, 15) is 0 Å². The number of hydrogen-bond donors (Lipinski definition) is 0. The zero-order chi connectivity index (χ0) is 66.8. The molecule has 0 amide bonds. The Hall–Kier alpha value is 0. The van der Waals surface area contributed by atoms with Crippen molar-refractivity contribution in [2.75, 3.05) is 0 Å². The van der Waals surface area contributed by atoms with Gasteiger partial charge in [0, 0.05) is 0 Å². The summed E-state index contributed by atoms with van der Waals surface area (Å²) < 4.78 is 0. The van der Waals surface area contributed by atoms with Crippen molar-refractivity contribution in [3.05, 3.63) is 0 Å². The third-order valence-electron chi connectivity index (χ3n) is 16.0.